The first-order valence-electron chi connectivity index (χ1n) is 6.01. The lowest BCUT2D eigenvalue weighted by Crippen LogP contribution is -2.29. The van der Waals surface area contributed by atoms with Crippen LogP contribution in [0.25, 0.3) is 0 Å². The summed E-state index contributed by atoms with van der Waals surface area (Å²) in [6.07, 6.45) is 0. The highest BCUT2D eigenvalue weighted by atomic mass is 16.5. The van der Waals surface area contributed by atoms with Gasteiger partial charge >= 0.3 is 5.97 Å². The van der Waals surface area contributed by atoms with Crippen LogP contribution in [0.5, 0.6) is 0 Å². The van der Waals surface area contributed by atoms with E-state index >= 15 is 0 Å². The number of rotatable bonds is 5. The van der Waals surface area contributed by atoms with Crippen molar-refractivity contribution in [3.63, 3.8) is 0 Å². The first kappa shape index (κ1) is 13.1. The average molecular weight is 260 g/mol. The molecule has 0 radical (unpaired) electrons. The molecule has 2 aromatic rings. The van der Waals surface area contributed by atoms with Gasteiger partial charge in [-0.15, -0.1) is 0 Å². The molecule has 0 aliphatic carbocycles. The van der Waals surface area contributed by atoms with E-state index in [4.69, 9.17) is 9.63 Å². The van der Waals surface area contributed by atoms with Crippen molar-refractivity contribution in [2.24, 2.45) is 0 Å². The summed E-state index contributed by atoms with van der Waals surface area (Å²) in [6.45, 7) is 4.10. The maximum absolute atomic E-state index is 11.0. The molecule has 1 aromatic heterocycles. The number of hydrogen-bond donors (Lipinski definition) is 1. The lowest BCUT2D eigenvalue weighted by atomic mass is 10.1. The summed E-state index contributed by atoms with van der Waals surface area (Å²) in [4.78, 5) is 12.8. The normalized spacial score (nSPS) is 10.4. The highest BCUT2D eigenvalue weighted by Crippen LogP contribution is 2.20. The van der Waals surface area contributed by atoms with Crippen LogP contribution in [0.15, 0.2) is 34.9 Å². The van der Waals surface area contributed by atoms with Crippen molar-refractivity contribution >= 4 is 11.7 Å². The van der Waals surface area contributed by atoms with Crippen molar-refractivity contribution in [1.29, 1.82) is 0 Å². The molecule has 0 aliphatic rings. The molecule has 0 unspecified atom stereocenters. The quantitative estimate of drug-likeness (QED) is 0.894. The number of carbonyl (C=O) groups is 1. The van der Waals surface area contributed by atoms with Crippen molar-refractivity contribution in [1.82, 2.24) is 5.16 Å². The fourth-order valence-electron chi connectivity index (χ4n) is 1.96. The van der Waals surface area contributed by atoms with Crippen LogP contribution in [0.4, 0.5) is 5.69 Å². The number of aryl methyl sites for hydroxylation is 2. The van der Waals surface area contributed by atoms with E-state index in [1.165, 1.54) is 0 Å². The summed E-state index contributed by atoms with van der Waals surface area (Å²) in [5.74, 6) is -0.139. The van der Waals surface area contributed by atoms with Crippen LogP contribution >= 0.6 is 0 Å². The zero-order valence-corrected chi connectivity index (χ0v) is 11.0. The van der Waals surface area contributed by atoms with E-state index in [9.17, 15) is 4.79 Å². The Morgan fingerprint density at radius 1 is 1.32 bits per heavy atom. The topological polar surface area (TPSA) is 66.6 Å². The van der Waals surface area contributed by atoms with Gasteiger partial charge in [0.1, 0.15) is 12.3 Å². The summed E-state index contributed by atoms with van der Waals surface area (Å²) < 4.78 is 5.11. The lowest BCUT2D eigenvalue weighted by molar-refractivity contribution is -0.135. The molecule has 0 bridgehead atoms. The minimum Gasteiger partial charge on any atom is -0.480 e. The summed E-state index contributed by atoms with van der Waals surface area (Å²) in [7, 11) is 0. The van der Waals surface area contributed by atoms with E-state index in [1.807, 2.05) is 44.2 Å². The average Bonchev–Trinajstić information content (AvgIpc) is 2.70. The maximum Gasteiger partial charge on any atom is 0.323 e. The van der Waals surface area contributed by atoms with Gasteiger partial charge in [-0.25, -0.2) is 0 Å². The van der Waals surface area contributed by atoms with Gasteiger partial charge in [0, 0.05) is 17.8 Å². The van der Waals surface area contributed by atoms with Gasteiger partial charge in [-0.05, 0) is 26.0 Å². The largest absolute Gasteiger partial charge is 0.480 e. The van der Waals surface area contributed by atoms with Crippen LogP contribution in [-0.2, 0) is 11.3 Å². The van der Waals surface area contributed by atoms with Crippen LogP contribution in [-0.4, -0.2) is 22.8 Å². The third-order valence-corrected chi connectivity index (χ3v) is 2.98. The third kappa shape index (κ3) is 3.13. The molecule has 5 heteroatoms. The van der Waals surface area contributed by atoms with Crippen LogP contribution in [0.2, 0.25) is 0 Å². The second-order valence-electron chi connectivity index (χ2n) is 4.39. The molecular weight excluding hydrogens is 244 g/mol. The van der Waals surface area contributed by atoms with Gasteiger partial charge in [-0.1, -0.05) is 23.4 Å². The van der Waals surface area contributed by atoms with Gasteiger partial charge in [0.2, 0.25) is 0 Å². The number of carboxylic acids is 1. The lowest BCUT2D eigenvalue weighted by Gasteiger charge is -2.22. The van der Waals surface area contributed by atoms with Gasteiger partial charge in [0.05, 0.1) is 5.69 Å². The first-order chi connectivity index (χ1) is 9.08. The van der Waals surface area contributed by atoms with E-state index in [-0.39, 0.29) is 6.54 Å². The molecule has 1 N–H and O–H groups in total. The predicted molar refractivity (Wildman–Crippen MR) is 71.1 cm³/mol. The fourth-order valence-corrected chi connectivity index (χ4v) is 1.96. The molecule has 0 fully saturated rings. The predicted octanol–water partition coefficient (Wildman–Crippen LogP) is 2.38. The van der Waals surface area contributed by atoms with Crippen molar-refractivity contribution < 1.29 is 14.4 Å². The molecule has 2 rings (SSSR count). The second kappa shape index (κ2) is 5.56. The molecule has 1 heterocycles. The Balaban J connectivity index is 2.27. The van der Waals surface area contributed by atoms with Crippen LogP contribution in [0.1, 0.15) is 17.0 Å². The second-order valence-corrected chi connectivity index (χ2v) is 4.39. The van der Waals surface area contributed by atoms with Gasteiger partial charge in [-0.3, -0.25) is 4.79 Å². The van der Waals surface area contributed by atoms with E-state index in [0.717, 1.165) is 22.7 Å². The molecule has 100 valence electrons. The van der Waals surface area contributed by atoms with Crippen LogP contribution in [0, 0.1) is 13.8 Å². The van der Waals surface area contributed by atoms with E-state index in [2.05, 4.69) is 5.16 Å². The molecule has 0 atom stereocenters. The Kier molecular flexibility index (Phi) is 3.85. The smallest absolute Gasteiger partial charge is 0.323 e. The standard InChI is InChI=1S/C14H16N2O3/c1-10-13(11(2)19-15-10)8-16(9-14(17)18)12-6-4-3-5-7-12/h3-7H,8-9H2,1-2H3,(H,17,18). The number of benzene rings is 1. The number of hydrogen-bond acceptors (Lipinski definition) is 4. The van der Waals surface area contributed by atoms with Gasteiger partial charge in [0.15, 0.2) is 0 Å². The third-order valence-electron chi connectivity index (χ3n) is 2.98. The van der Waals surface area contributed by atoms with Crippen molar-refractivity contribution in [3.05, 3.63) is 47.3 Å². The molecule has 0 aliphatic heterocycles. The molecule has 19 heavy (non-hydrogen) atoms. The minimum absolute atomic E-state index is 0.0614. The number of anilines is 1. The van der Waals surface area contributed by atoms with E-state index in [0.29, 0.717) is 6.54 Å². The number of aromatic nitrogens is 1. The summed E-state index contributed by atoms with van der Waals surface area (Å²) in [6, 6.07) is 9.45. The van der Waals surface area contributed by atoms with Gasteiger partial charge in [-0.2, -0.15) is 0 Å². The summed E-state index contributed by atoms with van der Waals surface area (Å²) in [5, 5.41) is 12.9. The summed E-state index contributed by atoms with van der Waals surface area (Å²) in [5.41, 5.74) is 2.60. The molecule has 0 saturated carbocycles. The Labute approximate surface area is 111 Å². The number of nitrogens with zero attached hydrogens (tertiary/aromatic N) is 2. The summed E-state index contributed by atoms with van der Waals surface area (Å²) >= 11 is 0. The number of para-hydroxylation sites is 1. The first-order valence-corrected chi connectivity index (χ1v) is 6.01. The molecule has 0 spiro atoms. The zero-order chi connectivity index (χ0) is 13.8. The number of carboxylic acid groups (broad SMARTS) is 1. The monoisotopic (exact) mass is 260 g/mol. The Bertz CT molecular complexity index is 544. The molecule has 0 amide bonds. The Hall–Kier alpha value is -2.30. The minimum atomic E-state index is -0.865. The fraction of sp³-hybridized carbons (Fsp3) is 0.286. The van der Waals surface area contributed by atoms with Gasteiger partial charge in [0.25, 0.3) is 0 Å². The zero-order valence-electron chi connectivity index (χ0n) is 11.0. The SMILES string of the molecule is Cc1noc(C)c1CN(CC(=O)O)c1ccccc1. The Morgan fingerprint density at radius 2 is 2.00 bits per heavy atom. The molecule has 5 nitrogen and oxygen atoms in total. The molecule has 1 aromatic carbocycles. The van der Waals surface area contributed by atoms with Crippen molar-refractivity contribution in [3.8, 4) is 0 Å². The van der Waals surface area contributed by atoms with E-state index in [1.54, 1.807) is 4.90 Å². The maximum atomic E-state index is 11.0. The molecule has 0 saturated heterocycles. The van der Waals surface area contributed by atoms with E-state index < -0.39 is 5.97 Å². The van der Waals surface area contributed by atoms with Gasteiger partial charge < -0.3 is 14.5 Å². The van der Waals surface area contributed by atoms with Crippen molar-refractivity contribution in [2.45, 2.75) is 20.4 Å². The Morgan fingerprint density at radius 3 is 2.53 bits per heavy atom. The highest BCUT2D eigenvalue weighted by molar-refractivity contribution is 5.73. The van der Waals surface area contributed by atoms with Crippen LogP contribution < -0.4 is 4.90 Å². The van der Waals surface area contributed by atoms with Crippen molar-refractivity contribution in [2.75, 3.05) is 11.4 Å². The van der Waals surface area contributed by atoms with Crippen LogP contribution in [0.3, 0.4) is 0 Å². The number of aliphatic carboxylic acids is 1. The highest BCUT2D eigenvalue weighted by Gasteiger charge is 2.16. The molecular formula is C14H16N2O3.